The molecule has 0 aliphatic heterocycles. The maximum Gasteiger partial charge on any atom is 0.411 e. The van der Waals surface area contributed by atoms with E-state index >= 15 is 0 Å². The van der Waals surface area contributed by atoms with Gasteiger partial charge in [-0.05, 0) is 82.1 Å². The van der Waals surface area contributed by atoms with Crippen LogP contribution in [0.3, 0.4) is 0 Å². The van der Waals surface area contributed by atoms with E-state index in [0.717, 1.165) is 0 Å². The number of aliphatic carboxylic acids is 1. The Morgan fingerprint density at radius 3 is 1.26 bits per heavy atom. The van der Waals surface area contributed by atoms with Crippen molar-refractivity contribution in [1.82, 2.24) is 0 Å². The van der Waals surface area contributed by atoms with Gasteiger partial charge in [0.2, 0.25) is 0 Å². The molecule has 4 rings (SSSR count). The van der Waals surface area contributed by atoms with Crippen LogP contribution in [0.2, 0.25) is 0 Å². The van der Waals surface area contributed by atoms with E-state index in [2.05, 4.69) is 159 Å². The van der Waals surface area contributed by atoms with Crippen molar-refractivity contribution in [3.8, 4) is 0 Å². The number of halogens is 7. The van der Waals surface area contributed by atoms with Crippen molar-refractivity contribution in [2.45, 2.75) is 58.0 Å². The largest absolute Gasteiger partial charge is 0.743 e. The molecule has 0 bridgehead atoms. The van der Waals surface area contributed by atoms with Gasteiger partial charge >= 0.3 is 23.1 Å². The normalized spacial score (nSPS) is 12.3. The number of hydrogen-bond acceptors (Lipinski definition) is 4. The second kappa shape index (κ2) is 15.7. The summed E-state index contributed by atoms with van der Waals surface area (Å²) in [5.74, 6) is -17.0. The van der Waals surface area contributed by atoms with Crippen molar-refractivity contribution >= 4 is 49.6 Å². The number of carboxylic acid groups (broad SMARTS) is 1. The van der Waals surface area contributed by atoms with Gasteiger partial charge in [-0.2, -0.15) is 26.3 Å². The van der Waals surface area contributed by atoms with Gasteiger partial charge in [0.25, 0.3) is 0 Å². The van der Waals surface area contributed by atoms with Gasteiger partial charge in [0.1, 0.15) is 0 Å². The van der Waals surface area contributed by atoms with Crippen LogP contribution in [-0.4, -0.2) is 41.1 Å². The lowest BCUT2D eigenvalue weighted by atomic mass is 9.87. The van der Waals surface area contributed by atoms with Crippen LogP contribution in [0.1, 0.15) is 26.3 Å². The number of carboxylic acids is 1. The highest BCUT2D eigenvalue weighted by molar-refractivity contribution is 14.1. The molecule has 0 amide bonds. The van der Waals surface area contributed by atoms with Crippen LogP contribution >= 0.6 is 22.6 Å². The molecule has 1 N–H and O–H groups in total. The van der Waals surface area contributed by atoms with Gasteiger partial charge in [-0.3, -0.25) is 0 Å². The summed E-state index contributed by atoms with van der Waals surface area (Å²) in [6, 6.07) is 40.9. The van der Waals surface area contributed by atoms with Crippen LogP contribution in [-0.2, 0) is 31.2 Å². The average molecular weight is 799 g/mol. The zero-order chi connectivity index (χ0) is 35.0. The molecule has 0 heterocycles. The fourth-order valence-electron chi connectivity index (χ4n) is 3.50. The maximum absolute atomic E-state index is 12.3. The Hall–Kier alpha value is -3.08. The summed E-state index contributed by atoms with van der Waals surface area (Å²) in [5.41, 5.74) is 1.68. The van der Waals surface area contributed by atoms with Crippen molar-refractivity contribution in [3.63, 3.8) is 0 Å². The second-order valence-electron chi connectivity index (χ2n) is 10.4. The summed E-state index contributed by atoms with van der Waals surface area (Å²) in [5, 5.41) is 0.798. The second-order valence-corrected chi connectivity index (χ2v) is 15.1. The minimum Gasteiger partial charge on any atom is -0.743 e. The number of alkyl halides is 6. The van der Waals surface area contributed by atoms with E-state index in [0.29, 0.717) is 0 Å². The van der Waals surface area contributed by atoms with E-state index < -0.39 is 33.2 Å². The third-order valence-corrected chi connectivity index (χ3v) is 9.82. The van der Waals surface area contributed by atoms with Gasteiger partial charge in [0.15, 0.2) is 24.8 Å². The van der Waals surface area contributed by atoms with Gasteiger partial charge in [-0.25, -0.2) is 13.2 Å². The van der Waals surface area contributed by atoms with Crippen molar-refractivity contribution in [1.29, 1.82) is 0 Å². The summed E-state index contributed by atoms with van der Waals surface area (Å²) < 4.78 is 103. The standard InChI is InChI=1S/C18H15S.C10H13I.C4H2F6O5S/c1-4-10-16(11-5-1)19(17-12-6-2-7-13-17)18-14-8-3-9-15-18;1-10(2,3)8-4-6-9(11)7-5-8;5-2(6,1(11)12)3(7,8)4(9,10)16(13,14)15/h1-15H;4-7H,1-3H3;(H,11,12)(H,13,14,15)/q+1;;/p-1. The van der Waals surface area contributed by atoms with Crippen LogP contribution in [0, 0.1) is 3.57 Å². The molecule has 0 aliphatic rings. The van der Waals surface area contributed by atoms with Crippen LogP contribution in [0.25, 0.3) is 0 Å². The van der Waals surface area contributed by atoms with Crippen LogP contribution < -0.4 is 0 Å². The predicted octanol–water partition coefficient (Wildman–Crippen LogP) is 8.85. The molecular formula is C32H29F6IO5S2. The molecule has 248 valence electrons. The van der Waals surface area contributed by atoms with E-state index in [9.17, 15) is 44.1 Å². The Balaban J connectivity index is 0.000000249. The van der Waals surface area contributed by atoms with E-state index in [1.807, 2.05) is 0 Å². The quantitative estimate of drug-likeness (QED) is 0.0874. The summed E-state index contributed by atoms with van der Waals surface area (Å²) in [4.78, 5) is 13.7. The molecule has 0 aliphatic carbocycles. The van der Waals surface area contributed by atoms with Gasteiger partial charge in [0, 0.05) is 3.57 Å². The third kappa shape index (κ3) is 9.72. The maximum atomic E-state index is 12.3. The van der Waals surface area contributed by atoms with Crippen molar-refractivity contribution in [2.75, 3.05) is 0 Å². The molecule has 4 aromatic carbocycles. The smallest absolute Gasteiger partial charge is 0.411 e. The summed E-state index contributed by atoms with van der Waals surface area (Å²) >= 11 is 2.32. The first kappa shape index (κ1) is 39.1. The number of rotatable bonds is 7. The summed E-state index contributed by atoms with van der Waals surface area (Å²) in [6.45, 7) is 6.69. The van der Waals surface area contributed by atoms with Crippen molar-refractivity contribution in [2.24, 2.45) is 0 Å². The first-order valence-electron chi connectivity index (χ1n) is 13.1. The Bertz CT molecular complexity index is 1560. The molecule has 0 radical (unpaired) electrons. The van der Waals surface area contributed by atoms with Gasteiger partial charge in [0.05, 0.1) is 10.9 Å². The average Bonchev–Trinajstić information content (AvgIpc) is 2.98. The topological polar surface area (TPSA) is 94.5 Å². The number of benzene rings is 4. The minimum atomic E-state index is -7.15. The van der Waals surface area contributed by atoms with Crippen LogP contribution in [0.5, 0.6) is 0 Å². The number of hydrogen-bond donors (Lipinski definition) is 1. The molecular weight excluding hydrogens is 769 g/mol. The zero-order valence-electron chi connectivity index (χ0n) is 24.5. The first-order chi connectivity index (χ1) is 21.1. The lowest BCUT2D eigenvalue weighted by Gasteiger charge is -2.31. The lowest BCUT2D eigenvalue weighted by Crippen LogP contribution is -2.60. The van der Waals surface area contributed by atoms with Crippen LogP contribution in [0.15, 0.2) is 130 Å². The third-order valence-electron chi connectivity index (χ3n) is 5.99. The predicted molar refractivity (Wildman–Crippen MR) is 172 cm³/mol. The highest BCUT2D eigenvalue weighted by Gasteiger charge is 2.78. The van der Waals surface area contributed by atoms with Crippen LogP contribution in [0.4, 0.5) is 26.3 Å². The molecule has 0 spiro atoms. The molecule has 4 aromatic rings. The molecule has 0 saturated carbocycles. The molecule has 5 nitrogen and oxygen atoms in total. The molecule has 46 heavy (non-hydrogen) atoms. The zero-order valence-corrected chi connectivity index (χ0v) is 28.3. The van der Waals surface area contributed by atoms with Gasteiger partial charge in [-0.1, -0.05) is 87.5 Å². The SMILES string of the molecule is CC(C)(C)c1ccc(I)cc1.O=C(O)C(F)(F)C(F)(F)C(F)(F)S(=O)(=O)[O-].c1ccc([S+](c2ccccc2)c2ccccc2)cc1. The molecule has 0 atom stereocenters. The van der Waals surface area contributed by atoms with Gasteiger partial charge in [-0.15, -0.1) is 0 Å². The molecule has 0 aromatic heterocycles. The monoisotopic (exact) mass is 798 g/mol. The fourth-order valence-corrected chi connectivity index (χ4v) is 6.41. The van der Waals surface area contributed by atoms with Crippen molar-refractivity contribution < 1.29 is 49.2 Å². The molecule has 14 heteroatoms. The van der Waals surface area contributed by atoms with E-state index in [1.54, 1.807) is 0 Å². The summed E-state index contributed by atoms with van der Waals surface area (Å²) in [7, 11) is -7.17. The van der Waals surface area contributed by atoms with Gasteiger partial charge < -0.3 is 9.66 Å². The Labute approximate surface area is 279 Å². The highest BCUT2D eigenvalue weighted by atomic mass is 127. The van der Waals surface area contributed by atoms with E-state index in [-0.39, 0.29) is 16.3 Å². The Morgan fingerprint density at radius 1 is 0.674 bits per heavy atom. The summed E-state index contributed by atoms with van der Waals surface area (Å²) in [6.07, 6.45) is 0. The highest BCUT2D eigenvalue weighted by Crippen LogP contribution is 2.48. The molecule has 0 saturated heterocycles. The Kier molecular flexibility index (Phi) is 13.3. The van der Waals surface area contributed by atoms with E-state index in [4.69, 9.17) is 5.11 Å². The molecule has 0 fully saturated rings. The number of carbonyl (C=O) groups is 1. The Morgan fingerprint density at radius 2 is 1.00 bits per heavy atom. The lowest BCUT2D eigenvalue weighted by molar-refractivity contribution is -0.277. The van der Waals surface area contributed by atoms with E-state index in [1.165, 1.54) is 23.8 Å². The fraction of sp³-hybridized carbons (Fsp3) is 0.219. The minimum absolute atomic E-state index is 0.0146. The molecule has 0 unspecified atom stereocenters. The van der Waals surface area contributed by atoms with Crippen molar-refractivity contribution in [3.05, 3.63) is 124 Å². The first-order valence-corrected chi connectivity index (χ1v) is 16.8.